The molecule has 1 aromatic rings. The number of piperazine rings is 1. The summed E-state index contributed by atoms with van der Waals surface area (Å²) in [7, 11) is -1.38. The Morgan fingerprint density at radius 3 is 2.68 bits per heavy atom. The Morgan fingerprint density at radius 1 is 1.47 bits per heavy atom. The first-order valence-corrected chi connectivity index (χ1v) is 8.61. The van der Waals surface area contributed by atoms with E-state index in [1.54, 1.807) is 10.4 Å². The van der Waals surface area contributed by atoms with Crippen LogP contribution in [0.15, 0.2) is 11.0 Å². The number of sulfonamides is 1. The number of nitrogens with two attached hydrogens (primary N) is 1. The standard InChI is InChI=1S/C12H21N3O2S2/c1-9-8-14(3)4-5-15(9)19(16,17)12-6-11(7-13)18-10(12)2/h6,9H,4-5,7-8,13H2,1-3H3. The minimum Gasteiger partial charge on any atom is -0.326 e. The third kappa shape index (κ3) is 2.85. The van der Waals surface area contributed by atoms with Crippen molar-refractivity contribution in [3.63, 3.8) is 0 Å². The van der Waals surface area contributed by atoms with Gasteiger partial charge in [-0.05, 0) is 27.0 Å². The van der Waals surface area contributed by atoms with Crippen molar-refractivity contribution in [1.82, 2.24) is 9.21 Å². The highest BCUT2D eigenvalue weighted by molar-refractivity contribution is 7.89. The number of thiophene rings is 1. The number of hydrogen-bond acceptors (Lipinski definition) is 5. The molecule has 2 N–H and O–H groups in total. The second-order valence-corrected chi connectivity index (χ2v) is 8.26. The summed E-state index contributed by atoms with van der Waals surface area (Å²) >= 11 is 1.47. The molecule has 2 heterocycles. The molecule has 0 saturated carbocycles. The molecule has 0 aliphatic carbocycles. The second-order valence-electron chi connectivity index (χ2n) is 5.06. The predicted octanol–water partition coefficient (Wildman–Crippen LogP) is 0.840. The van der Waals surface area contributed by atoms with Crippen molar-refractivity contribution >= 4 is 21.4 Å². The highest BCUT2D eigenvalue weighted by Gasteiger charge is 2.34. The molecule has 108 valence electrons. The molecule has 0 aromatic carbocycles. The van der Waals surface area contributed by atoms with E-state index in [9.17, 15) is 8.42 Å². The molecule has 0 spiro atoms. The lowest BCUT2D eigenvalue weighted by Gasteiger charge is -2.37. The van der Waals surface area contributed by atoms with E-state index in [2.05, 4.69) is 4.90 Å². The highest BCUT2D eigenvalue weighted by atomic mass is 32.2. The maximum Gasteiger partial charge on any atom is 0.244 e. The van der Waals surface area contributed by atoms with Gasteiger partial charge in [0, 0.05) is 42.0 Å². The molecule has 0 bridgehead atoms. The minimum atomic E-state index is -3.39. The van der Waals surface area contributed by atoms with Crippen LogP contribution in [-0.2, 0) is 16.6 Å². The number of likely N-dealkylation sites (N-methyl/N-ethyl adjacent to an activating group) is 1. The topological polar surface area (TPSA) is 66.6 Å². The molecular weight excluding hydrogens is 282 g/mol. The molecule has 5 nitrogen and oxygen atoms in total. The lowest BCUT2D eigenvalue weighted by atomic mass is 10.2. The van der Waals surface area contributed by atoms with E-state index in [0.717, 1.165) is 22.8 Å². The van der Waals surface area contributed by atoms with Gasteiger partial charge in [-0.2, -0.15) is 4.31 Å². The molecule has 19 heavy (non-hydrogen) atoms. The SMILES string of the molecule is Cc1sc(CN)cc1S(=O)(=O)N1CCN(C)CC1C. The number of nitrogens with zero attached hydrogens (tertiary/aromatic N) is 2. The van der Waals surface area contributed by atoms with Crippen molar-refractivity contribution in [3.8, 4) is 0 Å². The smallest absolute Gasteiger partial charge is 0.244 e. The van der Waals surface area contributed by atoms with Crippen molar-refractivity contribution in [2.45, 2.75) is 31.3 Å². The predicted molar refractivity (Wildman–Crippen MR) is 77.8 cm³/mol. The summed E-state index contributed by atoms with van der Waals surface area (Å²) in [5.74, 6) is 0. The van der Waals surface area contributed by atoms with Gasteiger partial charge in [-0.3, -0.25) is 0 Å². The summed E-state index contributed by atoms with van der Waals surface area (Å²) in [6, 6.07) is 1.73. The van der Waals surface area contributed by atoms with Crippen LogP contribution in [0.1, 0.15) is 16.7 Å². The Morgan fingerprint density at radius 2 is 2.16 bits per heavy atom. The van der Waals surface area contributed by atoms with Crippen LogP contribution in [0.5, 0.6) is 0 Å². The first-order chi connectivity index (χ1) is 8.86. The van der Waals surface area contributed by atoms with Crippen LogP contribution in [0.2, 0.25) is 0 Å². The van der Waals surface area contributed by atoms with Crippen LogP contribution >= 0.6 is 11.3 Å². The van der Waals surface area contributed by atoms with E-state index in [4.69, 9.17) is 5.73 Å². The fourth-order valence-corrected chi connectivity index (χ4v) is 5.59. The summed E-state index contributed by atoms with van der Waals surface area (Å²) in [6.07, 6.45) is 0. The van der Waals surface area contributed by atoms with Crippen LogP contribution < -0.4 is 5.73 Å². The van der Waals surface area contributed by atoms with Crippen LogP contribution in [0.4, 0.5) is 0 Å². The summed E-state index contributed by atoms with van der Waals surface area (Å²) in [6.45, 7) is 6.28. The highest BCUT2D eigenvalue weighted by Crippen LogP contribution is 2.29. The van der Waals surface area contributed by atoms with Gasteiger partial charge in [0.1, 0.15) is 0 Å². The Bertz CT molecular complexity index is 553. The van der Waals surface area contributed by atoms with Crippen LogP contribution in [0.25, 0.3) is 0 Å². The number of hydrogen-bond donors (Lipinski definition) is 1. The quantitative estimate of drug-likeness (QED) is 0.898. The monoisotopic (exact) mass is 303 g/mol. The Balaban J connectivity index is 2.34. The lowest BCUT2D eigenvalue weighted by Crippen LogP contribution is -2.52. The van der Waals surface area contributed by atoms with Crippen molar-refractivity contribution in [2.75, 3.05) is 26.7 Å². The van der Waals surface area contributed by atoms with Crippen LogP contribution in [0, 0.1) is 6.92 Å². The van der Waals surface area contributed by atoms with Crippen molar-refractivity contribution in [2.24, 2.45) is 5.73 Å². The van der Waals surface area contributed by atoms with Crippen molar-refractivity contribution < 1.29 is 8.42 Å². The van der Waals surface area contributed by atoms with Gasteiger partial charge in [-0.15, -0.1) is 11.3 Å². The molecule has 2 rings (SSSR count). The molecule has 7 heteroatoms. The average Bonchev–Trinajstić information content (AvgIpc) is 2.70. The molecule has 1 atom stereocenters. The molecule has 0 amide bonds. The van der Waals surface area contributed by atoms with Gasteiger partial charge in [0.15, 0.2) is 0 Å². The molecule has 1 fully saturated rings. The van der Waals surface area contributed by atoms with E-state index in [1.165, 1.54) is 11.3 Å². The molecule has 0 radical (unpaired) electrons. The zero-order chi connectivity index (χ0) is 14.2. The molecule has 1 unspecified atom stereocenters. The average molecular weight is 303 g/mol. The molecule has 1 saturated heterocycles. The van der Waals surface area contributed by atoms with Gasteiger partial charge in [0.05, 0.1) is 4.90 Å². The van der Waals surface area contributed by atoms with Gasteiger partial charge < -0.3 is 10.6 Å². The fraction of sp³-hybridized carbons (Fsp3) is 0.667. The maximum absolute atomic E-state index is 12.7. The van der Waals surface area contributed by atoms with Gasteiger partial charge >= 0.3 is 0 Å². The van der Waals surface area contributed by atoms with Gasteiger partial charge in [0.2, 0.25) is 10.0 Å². The summed E-state index contributed by atoms with van der Waals surface area (Å²) in [5, 5.41) is 0. The summed E-state index contributed by atoms with van der Waals surface area (Å²) in [4.78, 5) is 4.32. The third-order valence-electron chi connectivity index (χ3n) is 3.48. The summed E-state index contributed by atoms with van der Waals surface area (Å²) < 4.78 is 27.1. The fourth-order valence-electron chi connectivity index (χ4n) is 2.49. The van der Waals surface area contributed by atoms with Crippen molar-refractivity contribution in [1.29, 1.82) is 0 Å². The number of rotatable bonds is 3. The lowest BCUT2D eigenvalue weighted by molar-refractivity contribution is 0.170. The zero-order valence-electron chi connectivity index (χ0n) is 11.6. The normalized spacial score (nSPS) is 22.8. The molecule has 1 aromatic heterocycles. The first kappa shape index (κ1) is 14.9. The van der Waals surface area contributed by atoms with E-state index in [-0.39, 0.29) is 6.04 Å². The second kappa shape index (κ2) is 5.49. The van der Waals surface area contributed by atoms with E-state index in [1.807, 2.05) is 20.9 Å². The minimum absolute atomic E-state index is 0.00405. The van der Waals surface area contributed by atoms with Gasteiger partial charge in [-0.25, -0.2) is 8.42 Å². The Labute approximate surface area is 119 Å². The zero-order valence-corrected chi connectivity index (χ0v) is 13.2. The third-order valence-corrected chi connectivity index (χ3v) is 6.82. The molecule has 1 aliphatic heterocycles. The number of aryl methyl sites for hydroxylation is 1. The van der Waals surface area contributed by atoms with E-state index >= 15 is 0 Å². The summed E-state index contributed by atoms with van der Waals surface area (Å²) in [5.41, 5.74) is 5.59. The van der Waals surface area contributed by atoms with Gasteiger partial charge in [-0.1, -0.05) is 0 Å². The Hall–Kier alpha value is -0.470. The largest absolute Gasteiger partial charge is 0.326 e. The van der Waals surface area contributed by atoms with Crippen LogP contribution in [-0.4, -0.2) is 50.3 Å². The maximum atomic E-state index is 12.7. The van der Waals surface area contributed by atoms with E-state index < -0.39 is 10.0 Å². The van der Waals surface area contributed by atoms with Gasteiger partial charge in [0.25, 0.3) is 0 Å². The van der Waals surface area contributed by atoms with Crippen LogP contribution in [0.3, 0.4) is 0 Å². The Kier molecular flexibility index (Phi) is 4.32. The molecule has 1 aliphatic rings. The van der Waals surface area contributed by atoms with E-state index in [0.29, 0.717) is 18.0 Å². The van der Waals surface area contributed by atoms with Crippen molar-refractivity contribution in [3.05, 3.63) is 15.8 Å². The first-order valence-electron chi connectivity index (χ1n) is 6.36. The molecular formula is C12H21N3O2S2.